The molecule has 0 amide bonds. The van der Waals surface area contributed by atoms with Crippen molar-refractivity contribution in [2.45, 2.75) is 24.7 Å². The van der Waals surface area contributed by atoms with E-state index in [0.29, 0.717) is 12.8 Å². The van der Waals surface area contributed by atoms with Crippen molar-refractivity contribution in [3.63, 3.8) is 0 Å². The average Bonchev–Trinajstić information content (AvgIpc) is 2.16. The molecule has 0 unspecified atom stereocenters. The Hall–Kier alpha value is -1.16. The molecule has 1 aliphatic rings. The number of hydrogen-bond acceptors (Lipinski definition) is 2. The summed E-state index contributed by atoms with van der Waals surface area (Å²) >= 11 is 0. The van der Waals surface area contributed by atoms with Crippen molar-refractivity contribution in [2.24, 2.45) is 5.73 Å². The van der Waals surface area contributed by atoms with Gasteiger partial charge in [0.1, 0.15) is 5.82 Å². The molecule has 1 saturated carbocycles. The number of nitrogens with two attached hydrogens (primary N) is 1. The molecule has 0 spiro atoms. The maximum atomic E-state index is 13.6. The summed E-state index contributed by atoms with van der Waals surface area (Å²) in [5, 5.41) is 9.54. The van der Waals surface area contributed by atoms with Crippen LogP contribution in [0.5, 0.6) is 5.75 Å². The van der Waals surface area contributed by atoms with Crippen LogP contribution >= 0.6 is 0 Å². The Morgan fingerprint density at radius 1 is 1.27 bits per heavy atom. The minimum Gasteiger partial charge on any atom is -0.505 e. The first-order valence-corrected chi connectivity index (χ1v) is 4.98. The fourth-order valence-corrected chi connectivity index (χ4v) is 2.21. The molecular formula is C11H13F2NO. The lowest BCUT2D eigenvalue weighted by Crippen LogP contribution is -2.42. The van der Waals surface area contributed by atoms with Gasteiger partial charge in [-0.1, -0.05) is 6.42 Å². The van der Waals surface area contributed by atoms with Crippen LogP contribution in [-0.2, 0) is 5.41 Å². The number of phenolic OH excluding ortho intramolecular Hbond substituents is 1. The highest BCUT2D eigenvalue weighted by Gasteiger charge is 2.42. The summed E-state index contributed by atoms with van der Waals surface area (Å²) in [6.45, 7) is 0.237. The normalized spacial score (nSPS) is 18.6. The lowest BCUT2D eigenvalue weighted by molar-refractivity contribution is 0.233. The van der Waals surface area contributed by atoms with Crippen molar-refractivity contribution in [2.75, 3.05) is 6.54 Å². The number of halogens is 2. The molecule has 0 heterocycles. The number of hydrogen-bond donors (Lipinski definition) is 2. The highest BCUT2D eigenvalue weighted by atomic mass is 19.1. The zero-order valence-corrected chi connectivity index (χ0v) is 8.26. The molecule has 1 aromatic rings. The molecule has 2 rings (SSSR count). The van der Waals surface area contributed by atoms with Crippen LogP contribution in [0.3, 0.4) is 0 Å². The van der Waals surface area contributed by atoms with Gasteiger partial charge in [-0.25, -0.2) is 8.78 Å². The quantitative estimate of drug-likeness (QED) is 0.789. The Morgan fingerprint density at radius 3 is 2.33 bits per heavy atom. The zero-order valence-electron chi connectivity index (χ0n) is 8.26. The van der Waals surface area contributed by atoms with Gasteiger partial charge in [0.15, 0.2) is 11.6 Å². The third-order valence-electron chi connectivity index (χ3n) is 3.31. The summed E-state index contributed by atoms with van der Waals surface area (Å²) in [7, 11) is 0. The van der Waals surface area contributed by atoms with E-state index in [1.54, 1.807) is 0 Å². The van der Waals surface area contributed by atoms with Crippen LogP contribution in [0.1, 0.15) is 24.8 Å². The average molecular weight is 213 g/mol. The Balaban J connectivity index is 2.55. The van der Waals surface area contributed by atoms with Gasteiger partial charge in [0.05, 0.1) is 0 Å². The van der Waals surface area contributed by atoms with Gasteiger partial charge in [-0.3, -0.25) is 0 Å². The molecule has 2 nitrogen and oxygen atoms in total. The van der Waals surface area contributed by atoms with E-state index in [1.807, 2.05) is 0 Å². The van der Waals surface area contributed by atoms with E-state index in [0.717, 1.165) is 18.6 Å². The Bertz CT molecular complexity index is 383. The predicted molar refractivity (Wildman–Crippen MR) is 52.6 cm³/mol. The number of phenols is 1. The Morgan fingerprint density at radius 2 is 1.87 bits per heavy atom. The Kier molecular flexibility index (Phi) is 2.38. The van der Waals surface area contributed by atoms with Crippen LogP contribution in [0.25, 0.3) is 0 Å². The summed E-state index contributed by atoms with van der Waals surface area (Å²) in [4.78, 5) is 0. The second-order valence-electron chi connectivity index (χ2n) is 4.09. The highest BCUT2D eigenvalue weighted by Crippen LogP contribution is 2.47. The van der Waals surface area contributed by atoms with Crippen LogP contribution in [0.15, 0.2) is 12.1 Å². The van der Waals surface area contributed by atoms with Gasteiger partial charge in [-0.2, -0.15) is 0 Å². The summed E-state index contributed by atoms with van der Waals surface area (Å²) in [5.41, 5.74) is 5.08. The molecule has 3 N–H and O–H groups in total. The molecule has 15 heavy (non-hydrogen) atoms. The minimum absolute atomic E-state index is 0.0521. The minimum atomic E-state index is -0.786. The van der Waals surface area contributed by atoms with E-state index in [2.05, 4.69) is 0 Å². The third-order valence-corrected chi connectivity index (χ3v) is 3.31. The largest absolute Gasteiger partial charge is 0.505 e. The maximum absolute atomic E-state index is 13.6. The van der Waals surface area contributed by atoms with E-state index in [-0.39, 0.29) is 12.1 Å². The van der Waals surface area contributed by atoms with Crippen molar-refractivity contribution in [3.05, 3.63) is 29.3 Å². The zero-order chi connectivity index (χ0) is 11.1. The van der Waals surface area contributed by atoms with Gasteiger partial charge in [-0.05, 0) is 25.0 Å². The van der Waals surface area contributed by atoms with E-state index >= 15 is 0 Å². The monoisotopic (exact) mass is 213 g/mol. The van der Waals surface area contributed by atoms with Crippen LogP contribution in [0.4, 0.5) is 8.78 Å². The van der Waals surface area contributed by atoms with Crippen LogP contribution in [-0.4, -0.2) is 11.7 Å². The molecule has 1 aliphatic carbocycles. The molecule has 0 saturated heterocycles. The summed E-state index contributed by atoms with van der Waals surface area (Å²) < 4.78 is 26.7. The third kappa shape index (κ3) is 1.40. The summed E-state index contributed by atoms with van der Waals surface area (Å²) in [5.74, 6) is -1.94. The molecule has 1 aromatic carbocycles. The van der Waals surface area contributed by atoms with E-state index in [9.17, 15) is 13.9 Å². The molecule has 0 radical (unpaired) electrons. The second-order valence-corrected chi connectivity index (χ2v) is 4.09. The highest BCUT2D eigenvalue weighted by molar-refractivity contribution is 5.42. The van der Waals surface area contributed by atoms with E-state index < -0.39 is 22.8 Å². The first-order valence-electron chi connectivity index (χ1n) is 4.98. The molecule has 4 heteroatoms. The van der Waals surface area contributed by atoms with Gasteiger partial charge in [0.2, 0.25) is 0 Å². The van der Waals surface area contributed by atoms with E-state index in [1.165, 1.54) is 0 Å². The van der Waals surface area contributed by atoms with Crippen molar-refractivity contribution >= 4 is 0 Å². The topological polar surface area (TPSA) is 46.2 Å². The first kappa shape index (κ1) is 10.4. The smallest absolute Gasteiger partial charge is 0.165 e. The predicted octanol–water partition coefficient (Wildman–Crippen LogP) is 2.05. The number of benzene rings is 1. The molecule has 0 aromatic heterocycles. The van der Waals surface area contributed by atoms with Crippen molar-refractivity contribution in [3.8, 4) is 5.75 Å². The molecular weight excluding hydrogens is 200 g/mol. The summed E-state index contributed by atoms with van der Waals surface area (Å²) in [6.07, 6.45) is 2.35. The molecule has 82 valence electrons. The van der Waals surface area contributed by atoms with Gasteiger partial charge < -0.3 is 10.8 Å². The number of rotatable bonds is 2. The molecule has 1 fully saturated rings. The van der Waals surface area contributed by atoms with Crippen molar-refractivity contribution in [1.29, 1.82) is 0 Å². The fourth-order valence-electron chi connectivity index (χ4n) is 2.21. The molecule has 0 aliphatic heterocycles. The van der Waals surface area contributed by atoms with E-state index in [4.69, 9.17) is 5.73 Å². The van der Waals surface area contributed by atoms with Gasteiger partial charge in [0, 0.05) is 17.5 Å². The number of aromatic hydroxyl groups is 1. The maximum Gasteiger partial charge on any atom is 0.165 e. The Labute approximate surface area is 86.7 Å². The second kappa shape index (κ2) is 3.45. The lowest BCUT2D eigenvalue weighted by atomic mass is 9.64. The van der Waals surface area contributed by atoms with Crippen LogP contribution < -0.4 is 5.73 Å². The van der Waals surface area contributed by atoms with Crippen molar-refractivity contribution < 1.29 is 13.9 Å². The summed E-state index contributed by atoms with van der Waals surface area (Å²) in [6, 6.07) is 1.97. The standard InChI is InChI=1S/C11H13F2NO/c12-7-2-3-8(13)10(15)9(7)11(6-14)4-1-5-11/h2-3,15H,1,4-6,14H2. The molecule has 0 atom stereocenters. The lowest BCUT2D eigenvalue weighted by Gasteiger charge is -2.41. The van der Waals surface area contributed by atoms with Crippen LogP contribution in [0.2, 0.25) is 0 Å². The van der Waals surface area contributed by atoms with Gasteiger partial charge in [-0.15, -0.1) is 0 Å². The first-order chi connectivity index (χ1) is 7.10. The molecule has 0 bridgehead atoms. The SMILES string of the molecule is NCC1(c2c(F)ccc(F)c2O)CCC1. The van der Waals surface area contributed by atoms with Gasteiger partial charge >= 0.3 is 0 Å². The van der Waals surface area contributed by atoms with Crippen molar-refractivity contribution in [1.82, 2.24) is 0 Å². The van der Waals surface area contributed by atoms with Crippen LogP contribution in [0, 0.1) is 11.6 Å². The van der Waals surface area contributed by atoms with Gasteiger partial charge in [0.25, 0.3) is 0 Å². The fraction of sp³-hybridized carbons (Fsp3) is 0.455.